The van der Waals surface area contributed by atoms with Gasteiger partial charge in [0.05, 0.1) is 0 Å². The Morgan fingerprint density at radius 1 is 1.11 bits per heavy atom. The Hall–Kier alpha value is -1.66. The van der Waals surface area contributed by atoms with Gasteiger partial charge in [-0.25, -0.2) is 0 Å². The number of nitrogens with zero attached hydrogens (tertiary/aromatic N) is 3. The first kappa shape index (κ1) is 17.4. The average molecular weight is 370 g/mol. The Bertz CT molecular complexity index is 803. The third-order valence-electron chi connectivity index (χ3n) is 7.41. The summed E-state index contributed by atoms with van der Waals surface area (Å²) in [4.78, 5) is 30.7. The normalized spacial score (nSPS) is 34.6. The third kappa shape index (κ3) is 2.76. The standard InChI is InChI=1S/C21H30N4O2/c1-23(2)19-14-3-4-15(19)12-24(11-14)20(26)17-5-6-18-16-7-13(8-22-9-16)10-25(18)21(17)27/h5-6,13-16,19,22H,3-4,7-12H2,1-2H3/t13-,14-,15+,16+,19?/m0/s1. The van der Waals surface area contributed by atoms with E-state index < -0.39 is 0 Å². The summed E-state index contributed by atoms with van der Waals surface area (Å²) in [5.74, 6) is 1.92. The first-order valence-corrected chi connectivity index (χ1v) is 10.4. The molecular weight excluding hydrogens is 340 g/mol. The van der Waals surface area contributed by atoms with E-state index in [0.717, 1.165) is 44.8 Å². The Balaban J connectivity index is 1.42. The van der Waals surface area contributed by atoms with Gasteiger partial charge in [-0.3, -0.25) is 9.59 Å². The van der Waals surface area contributed by atoms with Gasteiger partial charge in [-0.2, -0.15) is 0 Å². The highest BCUT2D eigenvalue weighted by molar-refractivity contribution is 5.94. The molecule has 2 saturated heterocycles. The van der Waals surface area contributed by atoms with Crippen molar-refractivity contribution in [3.63, 3.8) is 0 Å². The molecule has 1 N–H and O–H groups in total. The summed E-state index contributed by atoms with van der Waals surface area (Å²) in [6.07, 6.45) is 3.54. The third-order valence-corrected chi connectivity index (χ3v) is 7.41. The molecule has 1 saturated carbocycles. The molecule has 3 fully saturated rings. The van der Waals surface area contributed by atoms with Gasteiger partial charge in [0.25, 0.3) is 11.5 Å². The lowest BCUT2D eigenvalue weighted by molar-refractivity contribution is 0.0485. The second-order valence-corrected chi connectivity index (χ2v) is 9.31. The molecule has 6 nitrogen and oxygen atoms in total. The molecular formula is C21H30N4O2. The van der Waals surface area contributed by atoms with Crippen LogP contribution in [0.2, 0.25) is 0 Å². The number of aromatic nitrogens is 1. The van der Waals surface area contributed by atoms with Crippen molar-refractivity contribution in [3.8, 4) is 0 Å². The first-order chi connectivity index (χ1) is 13.0. The van der Waals surface area contributed by atoms with Crippen molar-refractivity contribution in [2.75, 3.05) is 40.3 Å². The van der Waals surface area contributed by atoms with Crippen LogP contribution < -0.4 is 10.9 Å². The summed E-state index contributed by atoms with van der Waals surface area (Å²) in [5.41, 5.74) is 1.40. The van der Waals surface area contributed by atoms with E-state index in [-0.39, 0.29) is 11.5 Å². The zero-order valence-corrected chi connectivity index (χ0v) is 16.4. The molecule has 146 valence electrons. The molecule has 0 spiro atoms. The summed E-state index contributed by atoms with van der Waals surface area (Å²) in [6, 6.07) is 4.40. The number of pyridine rings is 1. The molecule has 0 radical (unpaired) electrons. The zero-order chi connectivity index (χ0) is 18.7. The number of nitrogens with one attached hydrogen (secondary N) is 1. The van der Waals surface area contributed by atoms with Gasteiger partial charge in [-0.15, -0.1) is 0 Å². The molecule has 5 atom stereocenters. The lowest BCUT2D eigenvalue weighted by atomic mass is 9.84. The fourth-order valence-electron chi connectivity index (χ4n) is 6.33. The first-order valence-electron chi connectivity index (χ1n) is 10.4. The van der Waals surface area contributed by atoms with Crippen LogP contribution in [0.15, 0.2) is 16.9 Å². The minimum absolute atomic E-state index is 0.0572. The number of hydrogen-bond donors (Lipinski definition) is 1. The van der Waals surface area contributed by atoms with E-state index in [1.54, 1.807) is 6.07 Å². The molecule has 6 heteroatoms. The summed E-state index contributed by atoms with van der Waals surface area (Å²) in [7, 11) is 4.30. The van der Waals surface area contributed by atoms with E-state index in [9.17, 15) is 9.59 Å². The molecule has 1 aromatic heterocycles. The van der Waals surface area contributed by atoms with Crippen molar-refractivity contribution < 1.29 is 4.79 Å². The van der Waals surface area contributed by atoms with Gasteiger partial charge in [0, 0.05) is 43.8 Å². The second kappa shape index (κ2) is 6.45. The fourth-order valence-corrected chi connectivity index (χ4v) is 6.33. The van der Waals surface area contributed by atoms with Crippen molar-refractivity contribution in [1.82, 2.24) is 19.7 Å². The quantitative estimate of drug-likeness (QED) is 0.843. The molecule has 4 aliphatic rings. The van der Waals surface area contributed by atoms with Crippen molar-refractivity contribution in [2.45, 2.75) is 37.8 Å². The highest BCUT2D eigenvalue weighted by Crippen LogP contribution is 2.39. The van der Waals surface area contributed by atoms with Gasteiger partial charge in [0.1, 0.15) is 5.56 Å². The van der Waals surface area contributed by atoms with Gasteiger partial charge in [0.2, 0.25) is 0 Å². The maximum absolute atomic E-state index is 13.2. The predicted molar refractivity (Wildman–Crippen MR) is 104 cm³/mol. The topological polar surface area (TPSA) is 57.6 Å². The fraction of sp³-hybridized carbons (Fsp3) is 0.714. The highest BCUT2D eigenvalue weighted by Gasteiger charge is 2.44. The lowest BCUT2D eigenvalue weighted by Crippen LogP contribution is -2.53. The Kier molecular flexibility index (Phi) is 4.17. The predicted octanol–water partition coefficient (Wildman–Crippen LogP) is 0.967. The molecule has 1 aromatic rings. The molecule has 3 aliphatic heterocycles. The molecule has 1 aliphatic carbocycles. The van der Waals surface area contributed by atoms with Crippen LogP contribution >= 0.6 is 0 Å². The summed E-state index contributed by atoms with van der Waals surface area (Å²) >= 11 is 0. The highest BCUT2D eigenvalue weighted by atomic mass is 16.2. The van der Waals surface area contributed by atoms with E-state index in [1.165, 1.54) is 12.8 Å². The van der Waals surface area contributed by atoms with E-state index in [2.05, 4.69) is 24.3 Å². The van der Waals surface area contributed by atoms with Crippen LogP contribution in [-0.2, 0) is 6.54 Å². The number of carbonyl (C=O) groups excluding carboxylic acids is 1. The molecule has 0 aromatic carbocycles. The van der Waals surface area contributed by atoms with Gasteiger partial charge < -0.3 is 19.7 Å². The smallest absolute Gasteiger partial charge is 0.263 e. The molecule has 1 unspecified atom stereocenters. The number of fused-ring (bicyclic) bond motifs is 6. The summed E-state index contributed by atoms with van der Waals surface area (Å²) in [5, 5.41) is 3.47. The Morgan fingerprint density at radius 2 is 1.85 bits per heavy atom. The Labute approximate surface area is 160 Å². The summed E-state index contributed by atoms with van der Waals surface area (Å²) < 4.78 is 1.90. The van der Waals surface area contributed by atoms with Crippen molar-refractivity contribution in [2.24, 2.45) is 17.8 Å². The number of rotatable bonds is 2. The van der Waals surface area contributed by atoms with Crippen LogP contribution in [0.3, 0.4) is 0 Å². The molecule has 1 amide bonds. The monoisotopic (exact) mass is 370 g/mol. The maximum atomic E-state index is 13.2. The Morgan fingerprint density at radius 3 is 2.56 bits per heavy atom. The van der Waals surface area contributed by atoms with E-state index in [4.69, 9.17) is 0 Å². The SMILES string of the molecule is CN(C)C1[C@@H]2CC[C@H]1CN(C(=O)c1ccc3n(c1=O)C[C@@H]1CNC[C@H]3C1)C2. The molecule has 27 heavy (non-hydrogen) atoms. The lowest BCUT2D eigenvalue weighted by Gasteiger charge is -2.41. The molecule has 4 bridgehead atoms. The van der Waals surface area contributed by atoms with Crippen LogP contribution in [-0.4, -0.2) is 66.6 Å². The summed E-state index contributed by atoms with van der Waals surface area (Å²) in [6.45, 7) is 4.22. The van der Waals surface area contributed by atoms with E-state index in [0.29, 0.717) is 35.3 Å². The second-order valence-electron chi connectivity index (χ2n) is 9.31. The van der Waals surface area contributed by atoms with Crippen LogP contribution in [0.4, 0.5) is 0 Å². The minimum Gasteiger partial charge on any atom is -0.338 e. The van der Waals surface area contributed by atoms with Gasteiger partial charge >= 0.3 is 0 Å². The number of amides is 1. The molecule has 5 rings (SSSR count). The van der Waals surface area contributed by atoms with Crippen LogP contribution in [0.1, 0.15) is 41.2 Å². The zero-order valence-electron chi connectivity index (χ0n) is 16.4. The van der Waals surface area contributed by atoms with Crippen LogP contribution in [0.5, 0.6) is 0 Å². The van der Waals surface area contributed by atoms with Crippen molar-refractivity contribution >= 4 is 5.91 Å². The van der Waals surface area contributed by atoms with Crippen LogP contribution in [0, 0.1) is 17.8 Å². The molecule has 4 heterocycles. The maximum Gasteiger partial charge on any atom is 0.263 e. The van der Waals surface area contributed by atoms with Gasteiger partial charge in [-0.1, -0.05) is 0 Å². The van der Waals surface area contributed by atoms with E-state index >= 15 is 0 Å². The largest absolute Gasteiger partial charge is 0.338 e. The minimum atomic E-state index is -0.0730. The number of hydrogen-bond acceptors (Lipinski definition) is 4. The van der Waals surface area contributed by atoms with Gasteiger partial charge in [0.15, 0.2) is 0 Å². The van der Waals surface area contributed by atoms with Crippen molar-refractivity contribution in [1.29, 1.82) is 0 Å². The number of likely N-dealkylation sites (tertiary alicyclic amines) is 1. The number of carbonyl (C=O) groups is 1. The van der Waals surface area contributed by atoms with E-state index in [1.807, 2.05) is 15.5 Å². The van der Waals surface area contributed by atoms with Crippen molar-refractivity contribution in [3.05, 3.63) is 33.7 Å². The number of piperidine rings is 2. The van der Waals surface area contributed by atoms with Crippen LogP contribution in [0.25, 0.3) is 0 Å². The average Bonchev–Trinajstić information content (AvgIpc) is 2.93. The van der Waals surface area contributed by atoms with Gasteiger partial charge in [-0.05, 0) is 69.8 Å².